The van der Waals surface area contributed by atoms with Crippen LogP contribution in [-0.2, 0) is 9.16 Å². The number of allylic oxidation sites excluding steroid dienone is 1. The normalized spacial score (nSPS) is 31.0. The molecule has 0 spiro atoms. The number of hydrogen-bond donors (Lipinski definition) is 0. The largest absolute Gasteiger partial charge is 0.386 e. The Labute approximate surface area is 113 Å². The van der Waals surface area contributed by atoms with E-state index < -0.39 is 22.2 Å². The van der Waals surface area contributed by atoms with Gasteiger partial charge in [0, 0.05) is 5.57 Å². The Morgan fingerprint density at radius 3 is 2.50 bits per heavy atom. The van der Waals surface area contributed by atoms with Gasteiger partial charge in [-0.1, -0.05) is 25.6 Å². The fourth-order valence-electron chi connectivity index (χ4n) is 2.14. The maximum Gasteiger partial charge on any atom is 0.207 e. The highest BCUT2D eigenvalue weighted by Gasteiger charge is 2.59. The van der Waals surface area contributed by atoms with Crippen LogP contribution in [0, 0.1) is 11.5 Å². The van der Waals surface area contributed by atoms with Gasteiger partial charge in [-0.2, -0.15) is 0 Å². The van der Waals surface area contributed by atoms with Crippen LogP contribution in [0.5, 0.6) is 0 Å². The molecule has 2 aliphatic rings. The van der Waals surface area contributed by atoms with Gasteiger partial charge in [0.05, 0.1) is 0 Å². The molecule has 0 radical (unpaired) electrons. The maximum absolute atomic E-state index is 6.19. The Bertz CT molecular complexity index is 431. The molecule has 2 rings (SSSR count). The molecule has 2 unspecified atom stereocenters. The lowest BCUT2D eigenvalue weighted by molar-refractivity contribution is 0.0998. The van der Waals surface area contributed by atoms with Crippen molar-refractivity contribution in [3.05, 3.63) is 11.6 Å². The molecular formula is C14H24O2Si2. The Hall–Kier alpha value is -0.346. The van der Waals surface area contributed by atoms with Gasteiger partial charge in [-0.3, -0.25) is 0 Å². The standard InChI is InChI=1S/C14H24O2Si2/c1-17(2,3)10-9-12-7-8-13-14(11-12,15-13)16-18(4,5)6/h11,13H,7-8H2,1-6H3. The summed E-state index contributed by atoms with van der Waals surface area (Å²) < 4.78 is 12.0. The van der Waals surface area contributed by atoms with Crippen LogP contribution in [-0.4, -0.2) is 28.3 Å². The molecule has 0 aromatic carbocycles. The zero-order valence-corrected chi connectivity index (χ0v) is 14.4. The smallest absolute Gasteiger partial charge is 0.207 e. The molecule has 0 aromatic rings. The van der Waals surface area contributed by atoms with E-state index in [1.807, 2.05) is 0 Å². The minimum absolute atomic E-state index is 0.279. The lowest BCUT2D eigenvalue weighted by atomic mass is 9.98. The van der Waals surface area contributed by atoms with Gasteiger partial charge >= 0.3 is 0 Å². The first kappa shape index (κ1) is 14.1. The van der Waals surface area contributed by atoms with E-state index >= 15 is 0 Å². The molecule has 2 nitrogen and oxygen atoms in total. The Morgan fingerprint density at radius 1 is 1.28 bits per heavy atom. The first-order valence-corrected chi connectivity index (χ1v) is 13.6. The molecule has 0 amide bonds. The first-order valence-electron chi connectivity index (χ1n) is 6.73. The minimum Gasteiger partial charge on any atom is -0.386 e. The number of rotatable bonds is 2. The van der Waals surface area contributed by atoms with Gasteiger partial charge in [-0.25, -0.2) is 0 Å². The summed E-state index contributed by atoms with van der Waals surface area (Å²) in [6, 6.07) is 0. The fourth-order valence-corrected chi connectivity index (χ4v) is 3.87. The topological polar surface area (TPSA) is 21.8 Å². The van der Waals surface area contributed by atoms with Gasteiger partial charge in [0.25, 0.3) is 0 Å². The molecular weight excluding hydrogens is 256 g/mol. The van der Waals surface area contributed by atoms with Gasteiger partial charge in [0.2, 0.25) is 5.79 Å². The third kappa shape index (κ3) is 3.58. The number of ether oxygens (including phenoxy) is 1. The average molecular weight is 281 g/mol. The van der Waals surface area contributed by atoms with Crippen LogP contribution >= 0.6 is 0 Å². The van der Waals surface area contributed by atoms with Crippen molar-refractivity contribution in [1.29, 1.82) is 0 Å². The summed E-state index contributed by atoms with van der Waals surface area (Å²) in [6.07, 6.45) is 4.52. The van der Waals surface area contributed by atoms with Crippen molar-refractivity contribution >= 4 is 16.4 Å². The lowest BCUT2D eigenvalue weighted by Crippen LogP contribution is -2.35. The molecule has 1 heterocycles. The van der Waals surface area contributed by atoms with Gasteiger partial charge in [-0.15, -0.1) is 5.54 Å². The molecule has 2 atom stereocenters. The van der Waals surface area contributed by atoms with Crippen LogP contribution in [0.2, 0.25) is 39.3 Å². The van der Waals surface area contributed by atoms with E-state index in [1.54, 1.807) is 0 Å². The zero-order valence-electron chi connectivity index (χ0n) is 12.4. The van der Waals surface area contributed by atoms with Crippen LogP contribution in [0.25, 0.3) is 0 Å². The summed E-state index contributed by atoms with van der Waals surface area (Å²) in [6.45, 7) is 13.4. The molecule has 1 aliphatic heterocycles. The molecule has 0 bridgehead atoms. The van der Waals surface area contributed by atoms with E-state index in [9.17, 15) is 0 Å². The first-order chi connectivity index (χ1) is 8.10. The molecule has 0 saturated carbocycles. The van der Waals surface area contributed by atoms with Crippen molar-refractivity contribution in [1.82, 2.24) is 0 Å². The molecule has 0 aromatic heterocycles. The van der Waals surface area contributed by atoms with Gasteiger partial charge in [0.1, 0.15) is 14.2 Å². The maximum atomic E-state index is 6.19. The van der Waals surface area contributed by atoms with E-state index in [0.29, 0.717) is 0 Å². The molecule has 1 fully saturated rings. The summed E-state index contributed by atoms with van der Waals surface area (Å²) in [5.41, 5.74) is 4.64. The van der Waals surface area contributed by atoms with E-state index in [0.717, 1.165) is 12.8 Å². The van der Waals surface area contributed by atoms with Crippen LogP contribution in [0.1, 0.15) is 12.8 Å². The highest BCUT2D eigenvalue weighted by Crippen LogP contribution is 2.48. The van der Waals surface area contributed by atoms with Crippen molar-refractivity contribution in [3.63, 3.8) is 0 Å². The van der Waals surface area contributed by atoms with Crippen LogP contribution in [0.15, 0.2) is 11.6 Å². The summed E-state index contributed by atoms with van der Waals surface area (Å²) in [4.78, 5) is 0. The van der Waals surface area contributed by atoms with Crippen molar-refractivity contribution in [3.8, 4) is 11.5 Å². The van der Waals surface area contributed by atoms with E-state index in [-0.39, 0.29) is 6.10 Å². The second-order valence-corrected chi connectivity index (χ2v) is 16.4. The quantitative estimate of drug-likeness (QED) is 0.438. The molecule has 18 heavy (non-hydrogen) atoms. The summed E-state index contributed by atoms with van der Waals surface area (Å²) in [5.74, 6) is 2.95. The number of hydrogen-bond acceptors (Lipinski definition) is 2. The van der Waals surface area contributed by atoms with Gasteiger partial charge in [-0.05, 0) is 38.6 Å². The van der Waals surface area contributed by atoms with Gasteiger partial charge in [0.15, 0.2) is 8.32 Å². The predicted octanol–water partition coefficient (Wildman–Crippen LogP) is 3.53. The molecule has 100 valence electrons. The van der Waals surface area contributed by atoms with Crippen molar-refractivity contribution in [2.45, 2.75) is 64.0 Å². The van der Waals surface area contributed by atoms with Crippen molar-refractivity contribution in [2.75, 3.05) is 0 Å². The summed E-state index contributed by atoms with van der Waals surface area (Å²) in [5, 5.41) is 0. The highest BCUT2D eigenvalue weighted by molar-refractivity contribution is 6.83. The van der Waals surface area contributed by atoms with E-state index in [4.69, 9.17) is 9.16 Å². The molecule has 1 aliphatic carbocycles. The molecule has 0 N–H and O–H groups in total. The van der Waals surface area contributed by atoms with Crippen molar-refractivity contribution < 1.29 is 9.16 Å². The van der Waals surface area contributed by atoms with E-state index in [1.165, 1.54) is 5.57 Å². The second-order valence-electron chi connectivity index (χ2n) is 7.25. The third-order valence-electron chi connectivity index (χ3n) is 2.83. The summed E-state index contributed by atoms with van der Waals surface area (Å²) >= 11 is 0. The predicted molar refractivity (Wildman–Crippen MR) is 80.5 cm³/mol. The van der Waals surface area contributed by atoms with Crippen LogP contribution < -0.4 is 0 Å². The zero-order chi connectivity index (χ0) is 13.6. The molecule has 1 saturated heterocycles. The number of epoxide rings is 1. The Balaban J connectivity index is 2.14. The SMILES string of the molecule is C[Si](C)(C)C#CC1=CC2(O[Si](C)(C)C)OC2CC1. The van der Waals surface area contributed by atoms with Crippen LogP contribution in [0.3, 0.4) is 0 Å². The van der Waals surface area contributed by atoms with Gasteiger partial charge < -0.3 is 9.16 Å². The van der Waals surface area contributed by atoms with E-state index in [2.05, 4.69) is 56.8 Å². The monoisotopic (exact) mass is 280 g/mol. The van der Waals surface area contributed by atoms with Crippen LogP contribution in [0.4, 0.5) is 0 Å². The fraction of sp³-hybridized carbons (Fsp3) is 0.714. The average Bonchev–Trinajstić information content (AvgIpc) is 2.83. The molecule has 4 heteroatoms. The Morgan fingerprint density at radius 2 is 1.94 bits per heavy atom. The van der Waals surface area contributed by atoms with Crippen molar-refractivity contribution in [2.24, 2.45) is 0 Å². The third-order valence-corrected chi connectivity index (χ3v) is 4.64. The number of fused-ring (bicyclic) bond motifs is 1. The Kier molecular flexibility index (Phi) is 3.39. The minimum atomic E-state index is -1.57. The lowest BCUT2D eigenvalue weighted by Gasteiger charge is -2.24. The second kappa shape index (κ2) is 4.34. The summed E-state index contributed by atoms with van der Waals surface area (Å²) in [7, 11) is -2.87. The highest BCUT2D eigenvalue weighted by atomic mass is 28.4.